The van der Waals surface area contributed by atoms with Gasteiger partial charge in [0.25, 0.3) is 15.9 Å². The van der Waals surface area contributed by atoms with E-state index < -0.39 is 10.0 Å². The second-order valence-electron chi connectivity index (χ2n) is 9.78. The first-order chi connectivity index (χ1) is 19.8. The quantitative estimate of drug-likeness (QED) is 0.292. The predicted molar refractivity (Wildman–Crippen MR) is 158 cm³/mol. The molecular weight excluding hydrogens is 562 g/mol. The molecule has 0 bridgehead atoms. The van der Waals surface area contributed by atoms with E-state index in [1.165, 1.54) is 16.4 Å². The number of piperidine rings is 1. The number of para-hydroxylation sites is 1. The molecule has 0 saturated carbocycles. The first-order valence-corrected chi connectivity index (χ1v) is 14.8. The van der Waals surface area contributed by atoms with Crippen LogP contribution in [0.4, 0.5) is 11.6 Å². The van der Waals surface area contributed by atoms with Gasteiger partial charge < -0.3 is 16.0 Å². The van der Waals surface area contributed by atoms with Gasteiger partial charge in [-0.1, -0.05) is 48.0 Å². The van der Waals surface area contributed by atoms with Crippen molar-refractivity contribution in [2.45, 2.75) is 23.8 Å². The van der Waals surface area contributed by atoms with E-state index in [-0.39, 0.29) is 21.9 Å². The molecular formula is C29H26ClN7O3S. The van der Waals surface area contributed by atoms with Crippen molar-refractivity contribution in [3.63, 3.8) is 0 Å². The molecule has 5 aromatic rings. The summed E-state index contributed by atoms with van der Waals surface area (Å²) in [6.45, 7) is 1.06. The van der Waals surface area contributed by atoms with Crippen LogP contribution in [-0.4, -0.2) is 57.3 Å². The van der Waals surface area contributed by atoms with Crippen molar-refractivity contribution in [3.8, 4) is 11.3 Å². The number of amides is 1. The molecule has 208 valence electrons. The average Bonchev–Trinajstić information content (AvgIpc) is 3.39. The van der Waals surface area contributed by atoms with Gasteiger partial charge in [0.1, 0.15) is 5.69 Å². The van der Waals surface area contributed by atoms with Crippen molar-refractivity contribution in [2.24, 2.45) is 0 Å². The van der Waals surface area contributed by atoms with Crippen LogP contribution in [0.15, 0.2) is 90.2 Å². The van der Waals surface area contributed by atoms with Crippen molar-refractivity contribution in [1.82, 2.24) is 23.8 Å². The zero-order valence-corrected chi connectivity index (χ0v) is 23.4. The molecule has 1 amide bonds. The Balaban J connectivity index is 1.30. The lowest BCUT2D eigenvalue weighted by molar-refractivity contribution is 0.0708. The number of fused-ring (bicyclic) bond motifs is 1. The van der Waals surface area contributed by atoms with E-state index in [2.05, 4.69) is 15.3 Å². The monoisotopic (exact) mass is 587 g/mol. The number of rotatable bonds is 6. The Morgan fingerprint density at radius 2 is 1.78 bits per heavy atom. The highest BCUT2D eigenvalue weighted by atomic mass is 35.5. The highest BCUT2D eigenvalue weighted by molar-refractivity contribution is 7.90. The van der Waals surface area contributed by atoms with Gasteiger partial charge in [-0.2, -0.15) is 0 Å². The number of anilines is 2. The maximum atomic E-state index is 13.6. The van der Waals surface area contributed by atoms with Crippen molar-refractivity contribution < 1.29 is 13.2 Å². The second-order valence-corrected chi connectivity index (χ2v) is 12.0. The van der Waals surface area contributed by atoms with E-state index in [1.807, 2.05) is 12.1 Å². The number of likely N-dealkylation sites (tertiary alicyclic amines) is 1. The number of aromatic nitrogens is 4. The van der Waals surface area contributed by atoms with Crippen molar-refractivity contribution in [1.29, 1.82) is 0 Å². The third-order valence-electron chi connectivity index (χ3n) is 7.02. The molecule has 1 aliphatic rings. The van der Waals surface area contributed by atoms with Crippen LogP contribution in [0.3, 0.4) is 0 Å². The number of pyridine rings is 1. The third kappa shape index (κ3) is 5.21. The van der Waals surface area contributed by atoms with Crippen LogP contribution >= 0.6 is 11.6 Å². The van der Waals surface area contributed by atoms with E-state index in [1.54, 1.807) is 65.7 Å². The summed E-state index contributed by atoms with van der Waals surface area (Å²) in [5.41, 5.74) is 8.01. The number of nitrogens with zero attached hydrogens (tertiary/aromatic N) is 5. The van der Waals surface area contributed by atoms with Crippen LogP contribution in [0.2, 0.25) is 5.02 Å². The lowest BCUT2D eigenvalue weighted by atomic mass is 10.1. The number of hydrogen-bond donors (Lipinski definition) is 2. The molecule has 4 heterocycles. The Bertz CT molecular complexity index is 1840. The lowest BCUT2D eigenvalue weighted by Crippen LogP contribution is -2.45. The summed E-state index contributed by atoms with van der Waals surface area (Å²) < 4.78 is 28.4. The predicted octanol–water partition coefficient (Wildman–Crippen LogP) is 4.68. The summed E-state index contributed by atoms with van der Waals surface area (Å²) in [5.74, 6) is 0.165. The van der Waals surface area contributed by atoms with Gasteiger partial charge in [-0.3, -0.25) is 4.79 Å². The molecule has 1 atom stereocenters. The largest absolute Gasteiger partial charge is 0.397 e. The summed E-state index contributed by atoms with van der Waals surface area (Å²) in [6, 6.07) is 18.6. The number of nitrogens with one attached hydrogen (secondary N) is 1. The normalized spacial score (nSPS) is 15.6. The summed E-state index contributed by atoms with van der Waals surface area (Å²) in [4.78, 5) is 28.2. The van der Waals surface area contributed by atoms with Gasteiger partial charge >= 0.3 is 0 Å². The molecule has 3 N–H and O–H groups in total. The topological polar surface area (TPSA) is 136 Å². The van der Waals surface area contributed by atoms with Gasteiger partial charge in [-0.25, -0.2) is 27.3 Å². The van der Waals surface area contributed by atoms with E-state index in [0.717, 1.165) is 12.8 Å². The standard InChI is InChI=1S/C29H26ClN7O3S/c30-24-16-33-29(34-20-7-6-14-36(17-20)28(38)25-13-12-19(31)15-32-25)35-27(24)23-18-37(26-11-5-4-10-22(23)26)41(39,40)21-8-2-1-3-9-21/h1-5,8-13,15-16,18,20H,6-7,14,17,31H2,(H,33,34,35). The molecule has 0 radical (unpaired) electrons. The van der Waals surface area contributed by atoms with E-state index in [9.17, 15) is 13.2 Å². The highest BCUT2D eigenvalue weighted by Gasteiger charge is 2.27. The molecule has 41 heavy (non-hydrogen) atoms. The molecule has 1 saturated heterocycles. The zero-order chi connectivity index (χ0) is 28.6. The first kappa shape index (κ1) is 26.7. The van der Waals surface area contributed by atoms with Gasteiger partial charge in [0, 0.05) is 36.3 Å². The summed E-state index contributed by atoms with van der Waals surface area (Å²) in [5, 5.41) is 4.30. The molecule has 0 aliphatic carbocycles. The summed E-state index contributed by atoms with van der Waals surface area (Å²) in [7, 11) is -3.87. The van der Waals surface area contributed by atoms with Gasteiger partial charge in [-0.05, 0) is 43.2 Å². The van der Waals surface area contributed by atoms with Crippen LogP contribution in [0.1, 0.15) is 23.3 Å². The number of benzene rings is 2. The van der Waals surface area contributed by atoms with Crippen LogP contribution in [0.5, 0.6) is 0 Å². The van der Waals surface area contributed by atoms with E-state index in [4.69, 9.17) is 22.3 Å². The number of carbonyl (C=O) groups excluding carboxylic acids is 1. The van der Waals surface area contributed by atoms with Gasteiger partial charge in [0.2, 0.25) is 5.95 Å². The molecule has 1 fully saturated rings. The smallest absolute Gasteiger partial charge is 0.272 e. The maximum absolute atomic E-state index is 13.6. The van der Waals surface area contributed by atoms with Crippen LogP contribution < -0.4 is 11.1 Å². The lowest BCUT2D eigenvalue weighted by Gasteiger charge is -2.33. The highest BCUT2D eigenvalue weighted by Crippen LogP contribution is 2.36. The Kier molecular flexibility index (Phi) is 7.06. The molecule has 12 heteroatoms. The number of halogens is 1. The van der Waals surface area contributed by atoms with Crippen LogP contribution in [0, 0.1) is 0 Å². The maximum Gasteiger partial charge on any atom is 0.272 e. The van der Waals surface area contributed by atoms with Crippen molar-refractivity contribution >= 4 is 50.1 Å². The number of hydrogen-bond acceptors (Lipinski definition) is 8. The molecule has 1 unspecified atom stereocenters. The molecule has 2 aromatic carbocycles. The minimum atomic E-state index is -3.87. The Labute approximate surface area is 241 Å². The Morgan fingerprint density at radius 3 is 2.56 bits per heavy atom. The molecule has 3 aromatic heterocycles. The number of nitrogens with two attached hydrogens (primary N) is 1. The second kappa shape index (κ2) is 10.8. The summed E-state index contributed by atoms with van der Waals surface area (Å²) in [6.07, 6.45) is 6.12. The van der Waals surface area contributed by atoms with Gasteiger partial charge in [0.05, 0.1) is 39.2 Å². The van der Waals surface area contributed by atoms with Crippen LogP contribution in [0.25, 0.3) is 22.2 Å². The molecule has 10 nitrogen and oxygen atoms in total. The third-order valence-corrected chi connectivity index (χ3v) is 8.99. The Morgan fingerprint density at radius 1 is 1.00 bits per heavy atom. The zero-order valence-electron chi connectivity index (χ0n) is 21.8. The fraction of sp³-hybridized carbons (Fsp3) is 0.172. The van der Waals surface area contributed by atoms with E-state index in [0.29, 0.717) is 52.6 Å². The SMILES string of the molecule is Nc1ccc(C(=O)N2CCCC(Nc3ncc(Cl)c(-c4cn(S(=O)(=O)c5ccccc5)c5ccccc45)n3)C2)nc1. The fourth-order valence-electron chi connectivity index (χ4n) is 5.02. The van der Waals surface area contributed by atoms with Crippen molar-refractivity contribution in [2.75, 3.05) is 24.1 Å². The van der Waals surface area contributed by atoms with Crippen LogP contribution in [-0.2, 0) is 10.0 Å². The van der Waals surface area contributed by atoms with Gasteiger partial charge in [0.15, 0.2) is 0 Å². The number of carbonyl (C=O) groups is 1. The van der Waals surface area contributed by atoms with Gasteiger partial charge in [-0.15, -0.1) is 0 Å². The summed E-state index contributed by atoms with van der Waals surface area (Å²) >= 11 is 6.58. The first-order valence-electron chi connectivity index (χ1n) is 13.0. The minimum absolute atomic E-state index is 0.102. The fourth-order valence-corrected chi connectivity index (χ4v) is 6.61. The average molecular weight is 588 g/mol. The molecule has 1 aliphatic heterocycles. The molecule has 6 rings (SSSR count). The van der Waals surface area contributed by atoms with E-state index >= 15 is 0 Å². The Hall–Kier alpha value is -4.48. The van der Waals surface area contributed by atoms with Crippen molar-refractivity contribution in [3.05, 3.63) is 96.0 Å². The molecule has 0 spiro atoms. The number of nitrogen functional groups attached to an aromatic ring is 1. The minimum Gasteiger partial charge on any atom is -0.397 e.